The Balaban J connectivity index is 1.97. The zero-order valence-corrected chi connectivity index (χ0v) is 17.6. The number of alkyl halides is 3. The molecular weight excluding hydrogens is 391 g/mol. The number of fused-ring (bicyclic) bond motifs is 3. The summed E-state index contributed by atoms with van der Waals surface area (Å²) < 4.78 is 42.9. The molecule has 0 aliphatic carbocycles. The molecule has 0 bridgehead atoms. The van der Waals surface area contributed by atoms with Gasteiger partial charge in [-0.2, -0.15) is 13.2 Å². The predicted octanol–water partition coefficient (Wildman–Crippen LogP) is 8.14. The molecule has 150 valence electrons. The van der Waals surface area contributed by atoms with Crippen LogP contribution in [0, 0.1) is 0 Å². The number of hydrogen-bond acceptors (Lipinski definition) is 2. The SMILES string of the molecule is CN(c1ccccc1C(F)(F)F)c1cccc2c1sc1c(C(C)(C)C)cccc12. The molecule has 1 nitrogen and oxygen atoms in total. The number of anilines is 2. The standard InChI is InChI=1S/C24H22F3NS/c1-23(2,3)18-12-7-9-15-16-10-8-14-20(22(16)29-21(15)18)28(4)19-13-6-5-11-17(19)24(25,26)27/h5-14H,1-4H3. The first-order valence-corrected chi connectivity index (χ1v) is 10.3. The summed E-state index contributed by atoms with van der Waals surface area (Å²) in [6.07, 6.45) is -4.40. The lowest BCUT2D eigenvalue weighted by atomic mass is 9.86. The first-order chi connectivity index (χ1) is 13.6. The highest BCUT2D eigenvalue weighted by Crippen LogP contribution is 2.46. The number of para-hydroxylation sites is 1. The van der Waals surface area contributed by atoms with Crippen molar-refractivity contribution in [3.05, 3.63) is 71.8 Å². The molecule has 0 saturated heterocycles. The Labute approximate surface area is 172 Å². The summed E-state index contributed by atoms with van der Waals surface area (Å²) in [6, 6.07) is 17.9. The van der Waals surface area contributed by atoms with Crippen molar-refractivity contribution in [1.29, 1.82) is 0 Å². The molecule has 0 spiro atoms. The minimum Gasteiger partial charge on any atom is -0.343 e. The molecule has 0 aliphatic heterocycles. The second-order valence-corrected chi connectivity index (χ2v) is 9.28. The predicted molar refractivity (Wildman–Crippen MR) is 118 cm³/mol. The van der Waals surface area contributed by atoms with Gasteiger partial charge in [0.15, 0.2) is 0 Å². The van der Waals surface area contributed by atoms with Gasteiger partial charge in [0.2, 0.25) is 0 Å². The summed E-state index contributed by atoms with van der Waals surface area (Å²) in [6.45, 7) is 6.54. The number of thiophene rings is 1. The van der Waals surface area contributed by atoms with Crippen LogP contribution in [0.4, 0.5) is 24.5 Å². The van der Waals surface area contributed by atoms with Gasteiger partial charge in [-0.3, -0.25) is 0 Å². The van der Waals surface area contributed by atoms with Gasteiger partial charge in [-0.15, -0.1) is 11.3 Å². The summed E-state index contributed by atoms with van der Waals surface area (Å²) in [7, 11) is 1.70. The molecular formula is C24H22F3NS. The topological polar surface area (TPSA) is 3.24 Å². The number of benzene rings is 3. The Morgan fingerprint density at radius 3 is 1.90 bits per heavy atom. The molecule has 0 atom stereocenters. The monoisotopic (exact) mass is 413 g/mol. The van der Waals surface area contributed by atoms with Crippen LogP contribution in [0.2, 0.25) is 0 Å². The van der Waals surface area contributed by atoms with Crippen LogP contribution < -0.4 is 4.90 Å². The Hall–Kier alpha value is -2.53. The molecule has 0 radical (unpaired) electrons. The molecule has 5 heteroatoms. The largest absolute Gasteiger partial charge is 0.418 e. The van der Waals surface area contributed by atoms with Crippen molar-refractivity contribution in [2.45, 2.75) is 32.4 Å². The quantitative estimate of drug-likeness (QED) is 0.320. The first-order valence-electron chi connectivity index (χ1n) is 9.44. The molecule has 0 fully saturated rings. The van der Waals surface area contributed by atoms with E-state index in [1.54, 1.807) is 29.4 Å². The van der Waals surface area contributed by atoms with E-state index in [9.17, 15) is 13.2 Å². The Bertz CT molecular complexity index is 1200. The third-order valence-electron chi connectivity index (χ3n) is 5.24. The Morgan fingerprint density at radius 1 is 0.690 bits per heavy atom. The molecule has 4 aromatic rings. The van der Waals surface area contributed by atoms with Gasteiger partial charge < -0.3 is 4.90 Å². The number of hydrogen-bond donors (Lipinski definition) is 0. The molecule has 1 heterocycles. The average molecular weight is 414 g/mol. The van der Waals surface area contributed by atoms with Crippen LogP contribution in [-0.2, 0) is 11.6 Å². The average Bonchev–Trinajstić information content (AvgIpc) is 3.04. The Morgan fingerprint density at radius 2 is 1.24 bits per heavy atom. The van der Waals surface area contributed by atoms with E-state index in [-0.39, 0.29) is 11.1 Å². The summed E-state index contributed by atoms with van der Waals surface area (Å²) in [5, 5.41) is 2.22. The van der Waals surface area contributed by atoms with Crippen molar-refractivity contribution in [1.82, 2.24) is 0 Å². The van der Waals surface area contributed by atoms with Crippen LogP contribution in [0.25, 0.3) is 20.2 Å². The molecule has 0 amide bonds. The third-order valence-corrected chi connectivity index (χ3v) is 6.52. The van der Waals surface area contributed by atoms with Gasteiger partial charge in [0.05, 0.1) is 21.6 Å². The Kier molecular flexibility index (Phi) is 4.61. The fourth-order valence-electron chi connectivity index (χ4n) is 3.80. The van der Waals surface area contributed by atoms with Gasteiger partial charge in [-0.1, -0.05) is 63.2 Å². The van der Waals surface area contributed by atoms with Crippen LogP contribution in [0.15, 0.2) is 60.7 Å². The van der Waals surface area contributed by atoms with Gasteiger partial charge in [-0.25, -0.2) is 0 Å². The van der Waals surface area contributed by atoms with E-state index in [0.29, 0.717) is 0 Å². The smallest absolute Gasteiger partial charge is 0.343 e. The second kappa shape index (κ2) is 6.77. The van der Waals surface area contributed by atoms with Gasteiger partial charge in [0.25, 0.3) is 0 Å². The second-order valence-electron chi connectivity index (χ2n) is 8.26. The van der Waals surface area contributed by atoms with E-state index in [1.807, 2.05) is 18.2 Å². The molecule has 0 unspecified atom stereocenters. The van der Waals surface area contributed by atoms with Crippen molar-refractivity contribution in [3.8, 4) is 0 Å². The van der Waals surface area contributed by atoms with Crippen molar-refractivity contribution in [3.63, 3.8) is 0 Å². The molecule has 0 saturated carbocycles. The minimum atomic E-state index is -4.40. The van der Waals surface area contributed by atoms with E-state index in [2.05, 4.69) is 39.0 Å². The normalized spacial score (nSPS) is 12.7. The summed E-state index contributed by atoms with van der Waals surface area (Å²) in [5.41, 5.74) is 1.53. The molecule has 3 aromatic carbocycles. The number of halogens is 3. The van der Waals surface area contributed by atoms with E-state index < -0.39 is 11.7 Å². The highest BCUT2D eigenvalue weighted by molar-refractivity contribution is 7.26. The molecule has 1 aromatic heterocycles. The van der Waals surface area contributed by atoms with Crippen molar-refractivity contribution in [2.24, 2.45) is 0 Å². The van der Waals surface area contributed by atoms with E-state index in [0.717, 1.165) is 27.2 Å². The maximum atomic E-state index is 13.6. The lowest BCUT2D eigenvalue weighted by Gasteiger charge is -2.24. The highest BCUT2D eigenvalue weighted by atomic mass is 32.1. The highest BCUT2D eigenvalue weighted by Gasteiger charge is 2.34. The van der Waals surface area contributed by atoms with E-state index in [1.165, 1.54) is 22.4 Å². The number of rotatable bonds is 2. The van der Waals surface area contributed by atoms with Crippen LogP contribution in [-0.4, -0.2) is 7.05 Å². The van der Waals surface area contributed by atoms with E-state index in [4.69, 9.17) is 0 Å². The summed E-state index contributed by atoms with van der Waals surface area (Å²) >= 11 is 1.66. The fraction of sp³-hybridized carbons (Fsp3) is 0.250. The maximum absolute atomic E-state index is 13.6. The van der Waals surface area contributed by atoms with Gasteiger partial charge in [0, 0.05) is 22.5 Å². The van der Waals surface area contributed by atoms with Gasteiger partial charge >= 0.3 is 6.18 Å². The van der Waals surface area contributed by atoms with Crippen LogP contribution >= 0.6 is 11.3 Å². The van der Waals surface area contributed by atoms with E-state index >= 15 is 0 Å². The zero-order valence-electron chi connectivity index (χ0n) is 16.8. The molecule has 0 N–H and O–H groups in total. The third kappa shape index (κ3) is 3.38. The van der Waals surface area contributed by atoms with Crippen molar-refractivity contribution in [2.75, 3.05) is 11.9 Å². The van der Waals surface area contributed by atoms with Crippen LogP contribution in [0.1, 0.15) is 31.9 Å². The van der Waals surface area contributed by atoms with Crippen LogP contribution in [0.5, 0.6) is 0 Å². The van der Waals surface area contributed by atoms with Gasteiger partial charge in [-0.05, 0) is 29.2 Å². The lowest BCUT2D eigenvalue weighted by molar-refractivity contribution is -0.137. The molecule has 4 rings (SSSR count). The number of nitrogens with zero attached hydrogens (tertiary/aromatic N) is 1. The minimum absolute atomic E-state index is 0.0185. The molecule has 29 heavy (non-hydrogen) atoms. The fourth-order valence-corrected chi connectivity index (χ4v) is 5.37. The molecule has 0 aliphatic rings. The maximum Gasteiger partial charge on any atom is 0.418 e. The van der Waals surface area contributed by atoms with Crippen LogP contribution in [0.3, 0.4) is 0 Å². The van der Waals surface area contributed by atoms with Gasteiger partial charge in [0.1, 0.15) is 0 Å². The zero-order chi connectivity index (χ0) is 21.0. The van der Waals surface area contributed by atoms with Crippen molar-refractivity contribution >= 4 is 42.9 Å². The summed E-state index contributed by atoms with van der Waals surface area (Å²) in [5.74, 6) is 0. The summed E-state index contributed by atoms with van der Waals surface area (Å²) in [4.78, 5) is 1.65. The first kappa shape index (κ1) is 19.8. The lowest BCUT2D eigenvalue weighted by Crippen LogP contribution is -2.16. The van der Waals surface area contributed by atoms with Crippen molar-refractivity contribution < 1.29 is 13.2 Å².